The fourth-order valence-electron chi connectivity index (χ4n) is 5.24. The van der Waals surface area contributed by atoms with Gasteiger partial charge in [-0.2, -0.15) is 0 Å². The second kappa shape index (κ2) is 9.10. The molecule has 6 nitrogen and oxygen atoms in total. The Balaban J connectivity index is 1.47. The van der Waals surface area contributed by atoms with Crippen molar-refractivity contribution in [2.45, 2.75) is 83.6 Å². The molecule has 1 saturated carbocycles. The number of rotatable bonds is 6. The number of nitrogens with zero attached hydrogens (tertiary/aromatic N) is 2. The average molecular weight is 480 g/mol. The molecule has 1 aliphatic heterocycles. The van der Waals surface area contributed by atoms with E-state index in [1.165, 1.54) is 6.42 Å². The zero-order chi connectivity index (χ0) is 23.9. The molecular weight excluding hydrogens is 446 g/mol. The van der Waals surface area contributed by atoms with Crippen molar-refractivity contribution in [3.8, 4) is 5.75 Å². The van der Waals surface area contributed by atoms with Gasteiger partial charge in [-0.25, -0.2) is 0 Å². The molecule has 34 heavy (non-hydrogen) atoms. The van der Waals surface area contributed by atoms with Crippen LogP contribution in [0.4, 0.5) is 0 Å². The maximum atomic E-state index is 13.8. The van der Waals surface area contributed by atoms with E-state index in [0.29, 0.717) is 18.8 Å². The Hall–Kier alpha value is -2.80. The highest BCUT2D eigenvalue weighted by Crippen LogP contribution is 2.35. The van der Waals surface area contributed by atoms with Crippen LogP contribution in [0.25, 0.3) is 10.2 Å². The third kappa shape index (κ3) is 4.22. The van der Waals surface area contributed by atoms with Crippen molar-refractivity contribution in [3.05, 3.63) is 53.0 Å². The molecule has 1 atom stereocenters. The number of benzene rings is 1. The van der Waals surface area contributed by atoms with E-state index in [1.54, 1.807) is 16.2 Å². The van der Waals surface area contributed by atoms with Crippen LogP contribution >= 0.6 is 11.3 Å². The monoisotopic (exact) mass is 479 g/mol. The van der Waals surface area contributed by atoms with Gasteiger partial charge in [-0.1, -0.05) is 31.4 Å². The number of aromatic nitrogens is 1. The summed E-state index contributed by atoms with van der Waals surface area (Å²) in [6, 6.07) is 12.0. The molecule has 0 bridgehead atoms. The standard InChI is InChI=1S/C27H33N3O3S/c1-18(2)33-21-11-9-19(10-12-21)16-30-25(31)23-15-24-22(13-14-34-24)29(23)17-27(30,3)26(32)28-20-7-5-4-6-8-20/h9-15,18,20H,4-8,16-17H2,1-3H3,(H,28,32)/t27-/m0/s1. The quantitative estimate of drug-likeness (QED) is 0.518. The summed E-state index contributed by atoms with van der Waals surface area (Å²) in [5.74, 6) is 0.643. The summed E-state index contributed by atoms with van der Waals surface area (Å²) in [6.07, 6.45) is 5.64. The van der Waals surface area contributed by atoms with Crippen molar-refractivity contribution >= 4 is 33.4 Å². The van der Waals surface area contributed by atoms with E-state index >= 15 is 0 Å². The molecule has 0 unspecified atom stereocenters. The Kier molecular flexibility index (Phi) is 6.15. The van der Waals surface area contributed by atoms with Crippen LogP contribution < -0.4 is 10.1 Å². The Morgan fingerprint density at radius 3 is 2.62 bits per heavy atom. The summed E-state index contributed by atoms with van der Waals surface area (Å²) >= 11 is 1.63. The van der Waals surface area contributed by atoms with Gasteiger partial charge in [0.1, 0.15) is 17.0 Å². The third-order valence-corrected chi connectivity index (χ3v) is 7.97. The minimum atomic E-state index is -0.984. The molecule has 2 aromatic heterocycles. The normalized spacial score (nSPS) is 21.2. The van der Waals surface area contributed by atoms with Gasteiger partial charge in [0.25, 0.3) is 5.91 Å². The molecule has 1 N–H and O–H groups in total. The van der Waals surface area contributed by atoms with Crippen LogP contribution in [-0.2, 0) is 17.9 Å². The molecule has 2 amide bonds. The molecular formula is C27H33N3O3S. The van der Waals surface area contributed by atoms with E-state index in [2.05, 4.69) is 5.32 Å². The number of thiophene rings is 1. The zero-order valence-electron chi connectivity index (χ0n) is 20.2. The van der Waals surface area contributed by atoms with E-state index in [-0.39, 0.29) is 24.0 Å². The van der Waals surface area contributed by atoms with Crippen LogP contribution in [0.5, 0.6) is 5.75 Å². The van der Waals surface area contributed by atoms with Gasteiger partial charge in [0.05, 0.1) is 22.9 Å². The Labute approximate surface area is 204 Å². The summed E-state index contributed by atoms with van der Waals surface area (Å²) in [4.78, 5) is 29.4. The molecule has 0 saturated heterocycles. The fraction of sp³-hybridized carbons (Fsp3) is 0.481. The second-order valence-electron chi connectivity index (χ2n) is 10.1. The molecule has 180 valence electrons. The zero-order valence-corrected chi connectivity index (χ0v) is 21.0. The van der Waals surface area contributed by atoms with Crippen LogP contribution in [-0.4, -0.2) is 39.0 Å². The molecule has 1 aromatic carbocycles. The molecule has 0 radical (unpaired) electrons. The number of hydrogen-bond acceptors (Lipinski definition) is 4. The first-order valence-electron chi connectivity index (χ1n) is 12.3. The summed E-state index contributed by atoms with van der Waals surface area (Å²) < 4.78 is 8.88. The number of ether oxygens (including phenoxy) is 1. The Morgan fingerprint density at radius 1 is 1.18 bits per heavy atom. The first-order chi connectivity index (χ1) is 16.3. The van der Waals surface area contributed by atoms with Crippen molar-refractivity contribution in [3.63, 3.8) is 0 Å². The largest absolute Gasteiger partial charge is 0.491 e. The van der Waals surface area contributed by atoms with Gasteiger partial charge in [-0.15, -0.1) is 11.3 Å². The number of nitrogens with one attached hydrogen (secondary N) is 1. The highest BCUT2D eigenvalue weighted by atomic mass is 32.1. The lowest BCUT2D eigenvalue weighted by atomic mass is 9.91. The summed E-state index contributed by atoms with van der Waals surface area (Å²) in [7, 11) is 0. The molecule has 3 heterocycles. The van der Waals surface area contributed by atoms with E-state index in [0.717, 1.165) is 47.2 Å². The minimum absolute atomic E-state index is 0.0600. The van der Waals surface area contributed by atoms with Crippen LogP contribution in [0.3, 0.4) is 0 Å². The third-order valence-electron chi connectivity index (χ3n) is 7.11. The first-order valence-corrected chi connectivity index (χ1v) is 13.2. The smallest absolute Gasteiger partial charge is 0.271 e. The SMILES string of the molecule is CC(C)Oc1ccc(CN2C(=O)c3cc4sccc4n3C[C@@]2(C)C(=O)NC2CCCCC2)cc1. The van der Waals surface area contributed by atoms with Crippen molar-refractivity contribution in [1.29, 1.82) is 0 Å². The van der Waals surface area contributed by atoms with Crippen molar-refractivity contribution in [2.24, 2.45) is 0 Å². The maximum Gasteiger partial charge on any atom is 0.271 e. The van der Waals surface area contributed by atoms with Gasteiger partial charge in [0.15, 0.2) is 0 Å². The minimum Gasteiger partial charge on any atom is -0.491 e. The lowest BCUT2D eigenvalue weighted by Gasteiger charge is -2.45. The molecule has 3 aromatic rings. The number of carbonyl (C=O) groups excluding carboxylic acids is 2. The number of fused-ring (bicyclic) bond motifs is 3. The van der Waals surface area contributed by atoms with E-state index in [1.807, 2.05) is 67.1 Å². The van der Waals surface area contributed by atoms with Gasteiger partial charge in [0, 0.05) is 12.6 Å². The van der Waals surface area contributed by atoms with Crippen LogP contribution in [0.2, 0.25) is 0 Å². The lowest BCUT2D eigenvalue weighted by Crippen LogP contribution is -2.64. The van der Waals surface area contributed by atoms with Crippen LogP contribution in [0.1, 0.15) is 68.9 Å². The van der Waals surface area contributed by atoms with Crippen molar-refractivity contribution in [1.82, 2.24) is 14.8 Å². The van der Waals surface area contributed by atoms with Gasteiger partial charge in [-0.3, -0.25) is 9.59 Å². The van der Waals surface area contributed by atoms with E-state index in [4.69, 9.17) is 4.74 Å². The van der Waals surface area contributed by atoms with E-state index < -0.39 is 5.54 Å². The van der Waals surface area contributed by atoms with Crippen LogP contribution in [0, 0.1) is 0 Å². The predicted molar refractivity (Wildman–Crippen MR) is 135 cm³/mol. The highest BCUT2D eigenvalue weighted by molar-refractivity contribution is 7.17. The predicted octanol–water partition coefficient (Wildman–Crippen LogP) is 5.35. The molecule has 7 heteroatoms. The molecule has 0 spiro atoms. The van der Waals surface area contributed by atoms with Crippen molar-refractivity contribution in [2.75, 3.05) is 0 Å². The Bertz CT molecular complexity index is 1190. The summed E-state index contributed by atoms with van der Waals surface area (Å²) in [6.45, 7) is 6.73. The number of hydrogen-bond donors (Lipinski definition) is 1. The van der Waals surface area contributed by atoms with Crippen molar-refractivity contribution < 1.29 is 14.3 Å². The molecule has 2 aliphatic rings. The molecule has 1 aliphatic carbocycles. The summed E-state index contributed by atoms with van der Waals surface area (Å²) in [5, 5.41) is 5.33. The first kappa shape index (κ1) is 23.0. The van der Waals surface area contributed by atoms with Gasteiger partial charge < -0.3 is 19.5 Å². The highest BCUT2D eigenvalue weighted by Gasteiger charge is 2.48. The lowest BCUT2D eigenvalue weighted by molar-refractivity contribution is -0.134. The molecule has 5 rings (SSSR count). The van der Waals surface area contributed by atoms with Crippen LogP contribution in [0.15, 0.2) is 41.8 Å². The molecule has 1 fully saturated rings. The maximum absolute atomic E-state index is 13.8. The number of amides is 2. The second-order valence-corrected chi connectivity index (χ2v) is 11.0. The Morgan fingerprint density at radius 2 is 1.91 bits per heavy atom. The van der Waals surface area contributed by atoms with Gasteiger partial charge >= 0.3 is 0 Å². The number of carbonyl (C=O) groups is 2. The van der Waals surface area contributed by atoms with Gasteiger partial charge in [0.2, 0.25) is 5.91 Å². The van der Waals surface area contributed by atoms with Gasteiger partial charge in [-0.05, 0) is 68.8 Å². The fourth-order valence-corrected chi connectivity index (χ4v) is 6.06. The topological polar surface area (TPSA) is 63.6 Å². The summed E-state index contributed by atoms with van der Waals surface area (Å²) in [5.41, 5.74) is 1.68. The average Bonchev–Trinajstić information content (AvgIpc) is 3.40. The van der Waals surface area contributed by atoms with E-state index in [9.17, 15) is 9.59 Å².